The Bertz CT molecular complexity index is 919. The van der Waals surface area contributed by atoms with Crippen LogP contribution in [0.1, 0.15) is 18.4 Å². The summed E-state index contributed by atoms with van der Waals surface area (Å²) in [4.78, 5) is 4.67. The van der Waals surface area contributed by atoms with Gasteiger partial charge in [0.1, 0.15) is 5.75 Å². The van der Waals surface area contributed by atoms with Crippen molar-refractivity contribution in [1.82, 2.24) is 9.80 Å². The molecule has 1 fully saturated rings. The van der Waals surface area contributed by atoms with E-state index in [-0.39, 0.29) is 0 Å². The van der Waals surface area contributed by atoms with Crippen LogP contribution in [0.15, 0.2) is 36.4 Å². The third-order valence-electron chi connectivity index (χ3n) is 5.88. The predicted molar refractivity (Wildman–Crippen MR) is 135 cm³/mol. The van der Waals surface area contributed by atoms with Crippen molar-refractivity contribution in [2.45, 2.75) is 25.3 Å². The molecule has 0 unspecified atom stereocenters. The van der Waals surface area contributed by atoms with Crippen LogP contribution in [0.5, 0.6) is 17.2 Å². The van der Waals surface area contributed by atoms with E-state index in [1.807, 2.05) is 24.3 Å². The second-order valence-corrected chi connectivity index (χ2v) is 8.77. The molecule has 8 heteroatoms. The zero-order valence-corrected chi connectivity index (χ0v) is 20.8. The first-order valence-electron chi connectivity index (χ1n) is 10.8. The minimum absolute atomic E-state index is 0.372. The Morgan fingerprint density at radius 2 is 1.69 bits per heavy atom. The van der Waals surface area contributed by atoms with Gasteiger partial charge in [-0.1, -0.05) is 17.7 Å². The molecular weight excluding hydrogens is 446 g/mol. The van der Waals surface area contributed by atoms with Gasteiger partial charge in [-0.25, -0.2) is 0 Å². The van der Waals surface area contributed by atoms with Gasteiger partial charge in [-0.15, -0.1) is 0 Å². The lowest BCUT2D eigenvalue weighted by Gasteiger charge is -2.39. The van der Waals surface area contributed by atoms with E-state index in [0.29, 0.717) is 21.9 Å². The van der Waals surface area contributed by atoms with Gasteiger partial charge in [-0.2, -0.15) is 0 Å². The summed E-state index contributed by atoms with van der Waals surface area (Å²) in [5.74, 6) is 2.17. The molecule has 1 saturated heterocycles. The van der Waals surface area contributed by atoms with E-state index >= 15 is 0 Å². The highest BCUT2D eigenvalue weighted by atomic mass is 35.5. The summed E-state index contributed by atoms with van der Waals surface area (Å²) in [7, 11) is 7.11. The molecule has 1 N–H and O–H groups in total. The van der Waals surface area contributed by atoms with Crippen molar-refractivity contribution < 1.29 is 14.2 Å². The Balaban J connectivity index is 1.78. The number of likely N-dealkylation sites (tertiary alicyclic amines) is 1. The van der Waals surface area contributed by atoms with Crippen molar-refractivity contribution >= 4 is 34.6 Å². The van der Waals surface area contributed by atoms with Crippen LogP contribution in [-0.4, -0.2) is 69.0 Å². The largest absolute Gasteiger partial charge is 0.495 e. The number of hydrogen-bond donors (Lipinski definition) is 1. The van der Waals surface area contributed by atoms with Gasteiger partial charge in [0.25, 0.3) is 0 Å². The molecule has 1 heterocycles. The van der Waals surface area contributed by atoms with Crippen molar-refractivity contribution in [2.24, 2.45) is 0 Å². The van der Waals surface area contributed by atoms with Crippen molar-refractivity contribution in [3.05, 3.63) is 47.0 Å². The minimum Gasteiger partial charge on any atom is -0.495 e. The van der Waals surface area contributed by atoms with Gasteiger partial charge in [-0.3, -0.25) is 0 Å². The van der Waals surface area contributed by atoms with E-state index < -0.39 is 0 Å². The van der Waals surface area contributed by atoms with E-state index in [1.54, 1.807) is 27.4 Å². The van der Waals surface area contributed by atoms with Crippen molar-refractivity contribution in [3.8, 4) is 17.2 Å². The third-order valence-corrected chi connectivity index (χ3v) is 6.45. The van der Waals surface area contributed by atoms with Crippen LogP contribution in [0.4, 0.5) is 5.69 Å². The maximum Gasteiger partial charge on any atom is 0.173 e. The zero-order chi connectivity index (χ0) is 23.1. The Morgan fingerprint density at radius 3 is 2.34 bits per heavy atom. The number of methoxy groups -OCH3 is 3. The van der Waals surface area contributed by atoms with Crippen LogP contribution in [0.25, 0.3) is 0 Å². The lowest BCUT2D eigenvalue weighted by Crippen LogP contribution is -2.48. The lowest BCUT2D eigenvalue weighted by molar-refractivity contribution is 0.178. The Kier molecular flexibility index (Phi) is 8.84. The van der Waals surface area contributed by atoms with E-state index in [9.17, 15) is 0 Å². The molecule has 2 aromatic carbocycles. The highest BCUT2D eigenvalue weighted by Crippen LogP contribution is 2.30. The van der Waals surface area contributed by atoms with E-state index in [2.05, 4.69) is 28.2 Å². The normalized spacial score (nSPS) is 14.7. The summed E-state index contributed by atoms with van der Waals surface area (Å²) >= 11 is 12.1. The van der Waals surface area contributed by atoms with Gasteiger partial charge in [-0.05, 0) is 87.5 Å². The molecule has 0 radical (unpaired) electrons. The molecule has 0 aromatic heterocycles. The van der Waals surface area contributed by atoms with Gasteiger partial charge in [0, 0.05) is 17.6 Å². The maximum absolute atomic E-state index is 6.22. The molecule has 3 rings (SSSR count). The molecule has 174 valence electrons. The van der Waals surface area contributed by atoms with Gasteiger partial charge in [0.15, 0.2) is 16.6 Å². The van der Waals surface area contributed by atoms with Crippen LogP contribution in [0, 0.1) is 0 Å². The van der Waals surface area contributed by atoms with Gasteiger partial charge in [0.05, 0.1) is 27.0 Å². The number of halogens is 1. The summed E-state index contributed by atoms with van der Waals surface area (Å²) in [6.45, 7) is 2.90. The van der Waals surface area contributed by atoms with Crippen LogP contribution >= 0.6 is 23.8 Å². The molecule has 1 aliphatic rings. The fourth-order valence-corrected chi connectivity index (χ4v) is 4.53. The molecule has 6 nitrogen and oxygen atoms in total. The van der Waals surface area contributed by atoms with Gasteiger partial charge >= 0.3 is 0 Å². The lowest BCUT2D eigenvalue weighted by atomic mass is 10.0. The standard InChI is InChI=1S/C24H32ClN3O3S/c1-27-12-10-19(11-13-27)28(14-9-17-5-7-22(30-3)23(15-17)31-4)24(32)26-20-16-18(25)6-8-21(20)29-2/h5-8,15-16,19H,9-14H2,1-4H3,(H,26,32). The van der Waals surface area contributed by atoms with Crippen LogP contribution in [0.2, 0.25) is 5.02 Å². The number of benzene rings is 2. The van der Waals surface area contributed by atoms with Crippen LogP contribution < -0.4 is 19.5 Å². The highest BCUT2D eigenvalue weighted by Gasteiger charge is 2.25. The molecule has 2 aromatic rings. The molecule has 0 atom stereocenters. The Labute approximate surface area is 201 Å². The van der Waals surface area contributed by atoms with Gasteiger partial charge < -0.3 is 29.3 Å². The highest BCUT2D eigenvalue weighted by molar-refractivity contribution is 7.80. The van der Waals surface area contributed by atoms with Crippen molar-refractivity contribution in [3.63, 3.8) is 0 Å². The second-order valence-electron chi connectivity index (χ2n) is 7.94. The fourth-order valence-electron chi connectivity index (χ4n) is 4.01. The molecular formula is C24H32ClN3O3S. The number of rotatable bonds is 8. The maximum atomic E-state index is 6.22. The number of ether oxygens (including phenoxy) is 3. The summed E-state index contributed by atoms with van der Waals surface area (Å²) in [5, 5.41) is 4.69. The van der Waals surface area contributed by atoms with E-state index in [4.69, 9.17) is 38.0 Å². The van der Waals surface area contributed by atoms with E-state index in [0.717, 1.165) is 56.1 Å². The summed E-state index contributed by atoms with van der Waals surface area (Å²) < 4.78 is 16.3. The van der Waals surface area contributed by atoms with Crippen LogP contribution in [0.3, 0.4) is 0 Å². The number of thiocarbonyl (C=S) groups is 1. The first-order chi connectivity index (χ1) is 15.4. The SMILES string of the molecule is COc1ccc(Cl)cc1NC(=S)N(CCc1ccc(OC)c(OC)c1)C1CCN(C)CC1. The first-order valence-corrected chi connectivity index (χ1v) is 11.5. The van der Waals surface area contributed by atoms with E-state index in [1.165, 1.54) is 5.56 Å². The predicted octanol–water partition coefficient (Wildman–Crippen LogP) is 4.70. The second kappa shape index (κ2) is 11.6. The summed E-state index contributed by atoms with van der Waals surface area (Å²) in [6, 6.07) is 11.9. The molecule has 1 aliphatic heterocycles. The summed E-state index contributed by atoms with van der Waals surface area (Å²) in [6.07, 6.45) is 2.97. The third kappa shape index (κ3) is 6.18. The Morgan fingerprint density at radius 1 is 1.03 bits per heavy atom. The Hall–Kier alpha value is -2.22. The smallest absolute Gasteiger partial charge is 0.173 e. The zero-order valence-electron chi connectivity index (χ0n) is 19.2. The molecule has 0 amide bonds. The molecule has 0 bridgehead atoms. The van der Waals surface area contributed by atoms with Crippen LogP contribution in [-0.2, 0) is 6.42 Å². The van der Waals surface area contributed by atoms with Crippen molar-refractivity contribution in [1.29, 1.82) is 0 Å². The number of hydrogen-bond acceptors (Lipinski definition) is 5. The number of nitrogens with one attached hydrogen (secondary N) is 1. The number of piperidine rings is 1. The number of nitrogens with zero attached hydrogens (tertiary/aromatic N) is 2. The van der Waals surface area contributed by atoms with Crippen molar-refractivity contribution in [2.75, 3.05) is 53.3 Å². The average Bonchev–Trinajstić information content (AvgIpc) is 2.80. The molecule has 32 heavy (non-hydrogen) atoms. The summed E-state index contributed by atoms with van der Waals surface area (Å²) in [5.41, 5.74) is 1.94. The van der Waals surface area contributed by atoms with Gasteiger partial charge in [0.2, 0.25) is 0 Å². The fraction of sp³-hybridized carbons (Fsp3) is 0.458. The topological polar surface area (TPSA) is 46.2 Å². The molecule has 0 spiro atoms. The molecule has 0 saturated carbocycles. The molecule has 0 aliphatic carbocycles. The first kappa shape index (κ1) is 24.4. The number of anilines is 1. The quantitative estimate of drug-likeness (QED) is 0.553. The minimum atomic E-state index is 0.372. The monoisotopic (exact) mass is 477 g/mol. The average molecular weight is 478 g/mol.